The van der Waals surface area contributed by atoms with E-state index in [2.05, 4.69) is 36.3 Å². The Kier molecular flexibility index (Phi) is 3.13. The maximum atomic E-state index is 4.22. The fourth-order valence-electron chi connectivity index (χ4n) is 1.14. The van der Waals surface area contributed by atoms with Crippen LogP contribution in [0.1, 0.15) is 22.8 Å². The highest BCUT2D eigenvalue weighted by Gasteiger charge is 2.05. The maximum Gasteiger partial charge on any atom is 0.152 e. The van der Waals surface area contributed by atoms with Gasteiger partial charge in [-0.05, 0) is 18.2 Å². The normalized spacial score (nSPS) is 9.14. The molecule has 0 fully saturated rings. The molecule has 1 aromatic heterocycles. The van der Waals surface area contributed by atoms with Crippen LogP contribution >= 0.6 is 0 Å². The van der Waals surface area contributed by atoms with Gasteiger partial charge in [-0.25, -0.2) is 9.97 Å². The number of nitrogens with zero attached hydrogens (tertiary/aromatic N) is 2. The Balaban J connectivity index is 3.53. The van der Waals surface area contributed by atoms with Crippen molar-refractivity contribution in [1.82, 2.24) is 9.97 Å². The summed E-state index contributed by atoms with van der Waals surface area (Å²) in [4.78, 5) is 8.45. The zero-order valence-corrected chi connectivity index (χ0v) is 8.03. The highest BCUT2D eigenvalue weighted by atomic mass is 14.9. The van der Waals surface area contributed by atoms with Gasteiger partial charge in [-0.15, -0.1) is 0 Å². The Hall–Kier alpha value is -1.96. The van der Waals surface area contributed by atoms with Crippen LogP contribution in [0, 0.1) is 0 Å². The topological polar surface area (TPSA) is 25.8 Å². The molecule has 0 aliphatic heterocycles. The van der Waals surface area contributed by atoms with Crippen molar-refractivity contribution in [1.29, 1.82) is 0 Å². The quantitative estimate of drug-likeness (QED) is 0.718. The summed E-state index contributed by atoms with van der Waals surface area (Å²) < 4.78 is 0. The number of rotatable bonds is 4. The Bertz CT molecular complexity index is 374. The molecule has 70 valence electrons. The largest absolute Gasteiger partial charge is 0.229 e. The van der Waals surface area contributed by atoms with Gasteiger partial charge in [-0.2, -0.15) is 0 Å². The zero-order chi connectivity index (χ0) is 10.6. The summed E-state index contributed by atoms with van der Waals surface area (Å²) in [6, 6.07) is 0. The minimum Gasteiger partial charge on any atom is -0.229 e. The Morgan fingerprint density at radius 3 is 1.50 bits per heavy atom. The minimum absolute atomic E-state index is 0.570. The van der Waals surface area contributed by atoms with E-state index in [1.807, 2.05) is 0 Å². The summed E-state index contributed by atoms with van der Waals surface area (Å²) in [5.74, 6) is 0.570. The summed E-state index contributed by atoms with van der Waals surface area (Å²) in [5.41, 5.74) is 2.35. The van der Waals surface area contributed by atoms with E-state index in [9.17, 15) is 0 Å². The van der Waals surface area contributed by atoms with Gasteiger partial charge in [-0.1, -0.05) is 32.4 Å². The van der Waals surface area contributed by atoms with Crippen LogP contribution in [-0.2, 0) is 0 Å². The Morgan fingerprint density at radius 2 is 1.21 bits per heavy atom. The molecule has 1 aromatic rings. The minimum atomic E-state index is 0.570. The fourth-order valence-corrected chi connectivity index (χ4v) is 1.14. The SMILES string of the molecule is C=Cc1nc(C=C)c(C=C)c(C=C)n1. The predicted molar refractivity (Wildman–Crippen MR) is 62.4 cm³/mol. The molecular weight excluding hydrogens is 172 g/mol. The molecule has 0 aliphatic rings. The number of aromatic nitrogens is 2. The highest BCUT2D eigenvalue weighted by molar-refractivity contribution is 5.69. The average Bonchev–Trinajstić information content (AvgIpc) is 2.26. The second kappa shape index (κ2) is 4.33. The smallest absolute Gasteiger partial charge is 0.152 e. The molecule has 1 rings (SSSR count). The van der Waals surface area contributed by atoms with E-state index >= 15 is 0 Å². The van der Waals surface area contributed by atoms with Gasteiger partial charge >= 0.3 is 0 Å². The molecule has 0 spiro atoms. The lowest BCUT2D eigenvalue weighted by Gasteiger charge is -2.05. The summed E-state index contributed by atoms with van der Waals surface area (Å²) in [5, 5.41) is 0. The van der Waals surface area contributed by atoms with Crippen LogP contribution in [-0.4, -0.2) is 9.97 Å². The molecular formula is C12H12N2. The lowest BCUT2D eigenvalue weighted by atomic mass is 10.1. The van der Waals surface area contributed by atoms with E-state index in [-0.39, 0.29) is 0 Å². The van der Waals surface area contributed by atoms with Crippen LogP contribution in [0.25, 0.3) is 24.3 Å². The van der Waals surface area contributed by atoms with Crippen molar-refractivity contribution >= 4 is 24.3 Å². The third-order valence-electron chi connectivity index (χ3n) is 1.80. The molecule has 2 heteroatoms. The maximum absolute atomic E-state index is 4.22. The van der Waals surface area contributed by atoms with Gasteiger partial charge < -0.3 is 0 Å². The van der Waals surface area contributed by atoms with Gasteiger partial charge in [0.25, 0.3) is 0 Å². The van der Waals surface area contributed by atoms with Gasteiger partial charge in [0.1, 0.15) is 0 Å². The molecule has 0 radical (unpaired) electrons. The lowest BCUT2D eigenvalue weighted by Crippen LogP contribution is -1.98. The molecule has 0 saturated heterocycles. The lowest BCUT2D eigenvalue weighted by molar-refractivity contribution is 1.10. The molecule has 0 bridgehead atoms. The van der Waals surface area contributed by atoms with Crippen LogP contribution < -0.4 is 0 Å². The molecule has 0 aromatic carbocycles. The molecule has 0 atom stereocenters. The fraction of sp³-hybridized carbons (Fsp3) is 0. The van der Waals surface area contributed by atoms with Gasteiger partial charge in [0.15, 0.2) is 5.82 Å². The second-order valence-corrected chi connectivity index (χ2v) is 2.58. The molecule has 0 unspecified atom stereocenters. The molecule has 0 N–H and O–H groups in total. The van der Waals surface area contributed by atoms with Crippen molar-refractivity contribution < 1.29 is 0 Å². The van der Waals surface area contributed by atoms with E-state index < -0.39 is 0 Å². The van der Waals surface area contributed by atoms with Crippen molar-refractivity contribution in [2.45, 2.75) is 0 Å². The monoisotopic (exact) mass is 184 g/mol. The van der Waals surface area contributed by atoms with Gasteiger partial charge in [0.2, 0.25) is 0 Å². The van der Waals surface area contributed by atoms with Crippen molar-refractivity contribution in [2.75, 3.05) is 0 Å². The first-order valence-corrected chi connectivity index (χ1v) is 4.18. The summed E-state index contributed by atoms with van der Waals surface area (Å²) in [6.45, 7) is 14.7. The number of hydrogen-bond donors (Lipinski definition) is 0. The van der Waals surface area contributed by atoms with E-state index in [1.165, 1.54) is 0 Å². The average molecular weight is 184 g/mol. The Labute approximate surface area is 84.0 Å². The van der Waals surface area contributed by atoms with Gasteiger partial charge in [0.05, 0.1) is 11.4 Å². The van der Waals surface area contributed by atoms with Gasteiger partial charge in [0, 0.05) is 5.56 Å². The van der Waals surface area contributed by atoms with Crippen molar-refractivity contribution in [3.05, 3.63) is 49.1 Å². The third kappa shape index (κ3) is 1.69. The predicted octanol–water partition coefficient (Wildman–Crippen LogP) is 3.05. The van der Waals surface area contributed by atoms with Crippen LogP contribution in [0.2, 0.25) is 0 Å². The first-order valence-electron chi connectivity index (χ1n) is 4.18. The van der Waals surface area contributed by atoms with E-state index in [0.717, 1.165) is 17.0 Å². The standard InChI is InChI=1S/C12H12N2/c1-5-9-10(6-2)13-12(8-4)14-11(9)7-3/h5-8H,1-4H2. The molecule has 14 heavy (non-hydrogen) atoms. The van der Waals surface area contributed by atoms with Crippen LogP contribution in [0.5, 0.6) is 0 Å². The van der Waals surface area contributed by atoms with Crippen molar-refractivity contribution in [3.8, 4) is 0 Å². The van der Waals surface area contributed by atoms with Gasteiger partial charge in [-0.3, -0.25) is 0 Å². The van der Waals surface area contributed by atoms with E-state index in [1.54, 1.807) is 24.3 Å². The van der Waals surface area contributed by atoms with Crippen LogP contribution in [0.4, 0.5) is 0 Å². The van der Waals surface area contributed by atoms with E-state index in [0.29, 0.717) is 5.82 Å². The second-order valence-electron chi connectivity index (χ2n) is 2.58. The first kappa shape index (κ1) is 10.1. The Morgan fingerprint density at radius 1 is 0.714 bits per heavy atom. The van der Waals surface area contributed by atoms with Crippen LogP contribution in [0.15, 0.2) is 26.3 Å². The third-order valence-corrected chi connectivity index (χ3v) is 1.80. The summed E-state index contributed by atoms with van der Waals surface area (Å²) >= 11 is 0. The van der Waals surface area contributed by atoms with Crippen molar-refractivity contribution in [2.24, 2.45) is 0 Å². The molecule has 1 heterocycles. The molecule has 0 amide bonds. The van der Waals surface area contributed by atoms with E-state index in [4.69, 9.17) is 0 Å². The highest BCUT2D eigenvalue weighted by Crippen LogP contribution is 2.15. The number of hydrogen-bond acceptors (Lipinski definition) is 2. The molecule has 0 saturated carbocycles. The zero-order valence-electron chi connectivity index (χ0n) is 8.03. The van der Waals surface area contributed by atoms with Crippen LogP contribution in [0.3, 0.4) is 0 Å². The summed E-state index contributed by atoms with van der Waals surface area (Å²) in [7, 11) is 0. The first-order chi connectivity index (χ1) is 6.76. The van der Waals surface area contributed by atoms with Crippen molar-refractivity contribution in [3.63, 3.8) is 0 Å². The molecule has 0 aliphatic carbocycles. The summed E-state index contributed by atoms with van der Waals surface area (Å²) in [6.07, 6.45) is 6.62. The molecule has 2 nitrogen and oxygen atoms in total.